The Balaban J connectivity index is 2.09. The number of carboxylic acid groups (broad SMARTS) is 1. The highest BCUT2D eigenvalue weighted by Crippen LogP contribution is 2.29. The number of alkyl halides is 2. The molecule has 0 aliphatic carbocycles. The van der Waals surface area contributed by atoms with Gasteiger partial charge in [-0.25, -0.2) is 4.79 Å². The zero-order valence-corrected chi connectivity index (χ0v) is 13.4. The van der Waals surface area contributed by atoms with E-state index in [1.54, 1.807) is 30.3 Å². The molecule has 0 aromatic heterocycles. The zero-order valence-electron chi connectivity index (χ0n) is 11.9. The lowest BCUT2D eigenvalue weighted by Crippen LogP contribution is -2.72. The van der Waals surface area contributed by atoms with Crippen molar-refractivity contribution in [1.82, 2.24) is 10.2 Å². The maximum Gasteiger partial charge on any atom is 0.330 e. The fraction of sp³-hybridized carbons (Fsp3) is 0.267. The van der Waals surface area contributed by atoms with Gasteiger partial charge in [-0.2, -0.15) is 0 Å². The number of benzene rings is 1. The number of aliphatic carboxylic acids is 1. The summed E-state index contributed by atoms with van der Waals surface area (Å²) >= 11 is 11.7. The largest absolute Gasteiger partial charge is 0.479 e. The molecule has 1 heterocycles. The third-order valence-corrected chi connectivity index (χ3v) is 4.26. The predicted molar refractivity (Wildman–Crippen MR) is 85.5 cm³/mol. The minimum atomic E-state index is -1.31. The molecule has 122 valence electrons. The van der Waals surface area contributed by atoms with Gasteiger partial charge in [-0.05, 0) is 17.7 Å². The smallest absolute Gasteiger partial charge is 0.330 e. The Labute approximate surface area is 142 Å². The lowest BCUT2D eigenvalue weighted by Gasteiger charge is -2.46. The molecule has 1 aromatic rings. The van der Waals surface area contributed by atoms with Gasteiger partial charge in [-0.1, -0.05) is 36.4 Å². The fourth-order valence-electron chi connectivity index (χ4n) is 2.26. The molecule has 0 saturated carbocycles. The number of likely N-dealkylation sites (tertiary alicyclic amines) is 1. The number of halogens is 2. The lowest BCUT2D eigenvalue weighted by atomic mass is 9.99. The van der Waals surface area contributed by atoms with E-state index >= 15 is 0 Å². The molecule has 1 aliphatic heterocycles. The Morgan fingerprint density at radius 1 is 1.35 bits per heavy atom. The average molecular weight is 357 g/mol. The number of hydrogen-bond donors (Lipinski definition) is 2. The topological polar surface area (TPSA) is 86.7 Å². The normalized spacial score (nSPS) is 21.3. The van der Waals surface area contributed by atoms with Crippen molar-refractivity contribution in [2.24, 2.45) is 0 Å². The molecule has 3 atom stereocenters. The van der Waals surface area contributed by atoms with Crippen molar-refractivity contribution >= 4 is 41.0 Å². The Morgan fingerprint density at radius 2 is 1.96 bits per heavy atom. The first kappa shape index (κ1) is 17.3. The van der Waals surface area contributed by atoms with Crippen molar-refractivity contribution in [2.45, 2.75) is 17.6 Å². The van der Waals surface area contributed by atoms with Crippen molar-refractivity contribution in [2.75, 3.05) is 5.88 Å². The van der Waals surface area contributed by atoms with Crippen LogP contribution in [-0.2, 0) is 9.59 Å². The maximum atomic E-state index is 12.2. The Kier molecular flexibility index (Phi) is 5.28. The standard InChI is InChI=1S/C15H14Cl2N2O4/c1-8(7-16)11(15(22)23)19-12(17)10(14(19)21)18-13(20)9-5-3-2-4-6-9/h2-6,10-12H,1,7H2,(H,18,20)(H,22,23)/t10-,11-,12?/m1/s1. The molecule has 2 amide bonds. The van der Waals surface area contributed by atoms with Crippen molar-refractivity contribution in [3.8, 4) is 0 Å². The number of nitrogens with zero attached hydrogens (tertiary/aromatic N) is 1. The quantitative estimate of drug-likeness (QED) is 0.349. The van der Waals surface area contributed by atoms with E-state index in [-0.39, 0.29) is 11.5 Å². The lowest BCUT2D eigenvalue weighted by molar-refractivity contribution is -0.158. The van der Waals surface area contributed by atoms with Gasteiger partial charge in [0.25, 0.3) is 11.8 Å². The molecule has 0 radical (unpaired) electrons. The molecule has 2 N–H and O–H groups in total. The number of hydrogen-bond acceptors (Lipinski definition) is 3. The molecule has 2 rings (SSSR count). The van der Waals surface area contributed by atoms with Gasteiger partial charge in [0.1, 0.15) is 11.5 Å². The molecule has 1 fully saturated rings. The molecule has 1 aromatic carbocycles. The van der Waals surface area contributed by atoms with E-state index < -0.39 is 35.4 Å². The summed E-state index contributed by atoms with van der Waals surface area (Å²) in [5.41, 5.74) is -0.468. The van der Waals surface area contributed by atoms with Crippen LogP contribution in [-0.4, -0.2) is 51.3 Å². The second kappa shape index (κ2) is 7.02. The molecule has 0 bridgehead atoms. The first-order chi connectivity index (χ1) is 10.9. The minimum Gasteiger partial charge on any atom is -0.479 e. The van der Waals surface area contributed by atoms with Gasteiger partial charge in [0.2, 0.25) is 0 Å². The highest BCUT2D eigenvalue weighted by atomic mass is 35.5. The van der Waals surface area contributed by atoms with Crippen LogP contribution in [0.3, 0.4) is 0 Å². The third kappa shape index (κ3) is 3.33. The first-order valence-electron chi connectivity index (χ1n) is 6.67. The van der Waals surface area contributed by atoms with Crippen LogP contribution in [0.4, 0.5) is 0 Å². The Hall–Kier alpha value is -2.05. The van der Waals surface area contributed by atoms with Crippen LogP contribution < -0.4 is 5.32 Å². The van der Waals surface area contributed by atoms with Crippen LogP contribution in [0.15, 0.2) is 42.5 Å². The van der Waals surface area contributed by atoms with Crippen LogP contribution in [0.25, 0.3) is 0 Å². The molecule has 23 heavy (non-hydrogen) atoms. The molecule has 1 aliphatic rings. The summed E-state index contributed by atoms with van der Waals surface area (Å²) in [6, 6.07) is 6.01. The van der Waals surface area contributed by atoms with E-state index in [2.05, 4.69) is 11.9 Å². The van der Waals surface area contributed by atoms with Gasteiger partial charge in [0, 0.05) is 11.4 Å². The second-order valence-electron chi connectivity index (χ2n) is 4.97. The summed E-state index contributed by atoms with van der Waals surface area (Å²) in [5, 5.41) is 11.7. The number of carbonyl (C=O) groups is 3. The SMILES string of the molecule is C=C(CCl)[C@H](C(=O)O)N1C(=O)[C@H](NC(=O)c2ccccc2)C1Cl. The van der Waals surface area contributed by atoms with Gasteiger partial charge >= 0.3 is 5.97 Å². The van der Waals surface area contributed by atoms with Crippen molar-refractivity contribution < 1.29 is 19.5 Å². The van der Waals surface area contributed by atoms with Crippen LogP contribution in [0.2, 0.25) is 0 Å². The van der Waals surface area contributed by atoms with E-state index in [0.29, 0.717) is 5.56 Å². The highest BCUT2D eigenvalue weighted by molar-refractivity contribution is 6.27. The van der Waals surface area contributed by atoms with Gasteiger partial charge in [0.05, 0.1) is 0 Å². The second-order valence-corrected chi connectivity index (χ2v) is 5.68. The summed E-state index contributed by atoms with van der Waals surface area (Å²) in [6.45, 7) is 3.55. The minimum absolute atomic E-state index is 0.120. The Morgan fingerprint density at radius 3 is 2.43 bits per heavy atom. The maximum absolute atomic E-state index is 12.2. The molecule has 0 spiro atoms. The van der Waals surface area contributed by atoms with Gasteiger partial charge < -0.3 is 15.3 Å². The molecule has 6 nitrogen and oxygen atoms in total. The number of amides is 2. The van der Waals surface area contributed by atoms with E-state index in [9.17, 15) is 19.5 Å². The third-order valence-electron chi connectivity index (χ3n) is 3.45. The van der Waals surface area contributed by atoms with Crippen molar-refractivity contribution in [3.63, 3.8) is 0 Å². The van der Waals surface area contributed by atoms with Crippen molar-refractivity contribution in [3.05, 3.63) is 48.0 Å². The summed E-state index contributed by atoms with van der Waals surface area (Å²) in [7, 11) is 0. The number of carbonyl (C=O) groups excluding carboxylic acids is 2. The molecular formula is C15H14Cl2N2O4. The van der Waals surface area contributed by atoms with Crippen LogP contribution in [0.5, 0.6) is 0 Å². The number of rotatable bonds is 6. The monoisotopic (exact) mass is 356 g/mol. The average Bonchev–Trinajstić information content (AvgIpc) is 2.56. The van der Waals surface area contributed by atoms with E-state index in [1.807, 2.05) is 0 Å². The summed E-state index contributed by atoms with van der Waals surface area (Å²) in [4.78, 5) is 36.5. The zero-order chi connectivity index (χ0) is 17.1. The first-order valence-corrected chi connectivity index (χ1v) is 7.64. The van der Waals surface area contributed by atoms with E-state index in [4.69, 9.17) is 23.2 Å². The molecule has 8 heteroatoms. The van der Waals surface area contributed by atoms with E-state index in [1.165, 1.54) is 0 Å². The van der Waals surface area contributed by atoms with Crippen LogP contribution in [0, 0.1) is 0 Å². The summed E-state index contributed by atoms with van der Waals surface area (Å²) < 4.78 is 0. The fourth-order valence-corrected chi connectivity index (χ4v) is 2.78. The predicted octanol–water partition coefficient (Wildman–Crippen LogP) is 1.44. The number of carboxylic acids is 1. The van der Waals surface area contributed by atoms with Gasteiger partial charge in [0.15, 0.2) is 6.04 Å². The summed E-state index contributed by atoms with van der Waals surface area (Å²) in [6.07, 6.45) is 0. The molecular weight excluding hydrogens is 343 g/mol. The number of nitrogens with one attached hydrogen (secondary N) is 1. The number of β-lactam (4-membered cyclic amide) rings is 1. The van der Waals surface area contributed by atoms with Crippen molar-refractivity contribution in [1.29, 1.82) is 0 Å². The van der Waals surface area contributed by atoms with Gasteiger partial charge in [-0.3, -0.25) is 9.59 Å². The van der Waals surface area contributed by atoms with Gasteiger partial charge in [-0.15, -0.1) is 11.6 Å². The van der Waals surface area contributed by atoms with Crippen LogP contribution >= 0.6 is 23.2 Å². The molecule has 1 unspecified atom stereocenters. The summed E-state index contributed by atoms with van der Waals surface area (Å²) in [5.74, 6) is -2.45. The Bertz CT molecular complexity index is 650. The molecule has 1 saturated heterocycles. The van der Waals surface area contributed by atoms with Crippen LogP contribution in [0.1, 0.15) is 10.4 Å². The highest BCUT2D eigenvalue weighted by Gasteiger charge is 2.52. The van der Waals surface area contributed by atoms with E-state index in [0.717, 1.165) is 4.90 Å².